The van der Waals surface area contributed by atoms with Gasteiger partial charge in [0, 0.05) is 6.54 Å². The average Bonchev–Trinajstić information content (AvgIpc) is 2.53. The third-order valence-corrected chi connectivity index (χ3v) is 3.61. The summed E-state index contributed by atoms with van der Waals surface area (Å²) < 4.78 is 10.5. The summed E-state index contributed by atoms with van der Waals surface area (Å²) in [5.74, 6) is -1.34. The summed E-state index contributed by atoms with van der Waals surface area (Å²) in [6.45, 7) is 2.61. The van der Waals surface area contributed by atoms with Gasteiger partial charge in [0.25, 0.3) is 5.91 Å². The molecule has 1 aromatic rings. The first-order valence-electron chi connectivity index (χ1n) is 6.80. The van der Waals surface area contributed by atoms with Crippen LogP contribution in [0.25, 0.3) is 0 Å². The Morgan fingerprint density at radius 1 is 1.33 bits per heavy atom. The van der Waals surface area contributed by atoms with Crippen LogP contribution in [0.2, 0.25) is 0 Å². The predicted molar refractivity (Wildman–Crippen MR) is 75.0 cm³/mol. The van der Waals surface area contributed by atoms with Crippen LogP contribution in [0, 0.1) is 0 Å². The first-order valence-corrected chi connectivity index (χ1v) is 6.80. The molecule has 0 saturated carbocycles. The molecule has 1 saturated heterocycles. The molecule has 6 heteroatoms. The van der Waals surface area contributed by atoms with Crippen molar-refractivity contribution in [3.05, 3.63) is 35.9 Å². The summed E-state index contributed by atoms with van der Waals surface area (Å²) >= 11 is 0. The molecule has 0 bridgehead atoms. The standard InChI is InChI=1S/C15H19NO5/c1-15(14(18)19,11-5-3-2-4-6-11)10-16-13(17)12-9-20-7-8-21-12/h2-6,12H,7-10H2,1H3,(H,16,17)(H,18,19). The van der Waals surface area contributed by atoms with E-state index in [1.165, 1.54) is 0 Å². The minimum absolute atomic E-state index is 0.00889. The molecule has 0 radical (unpaired) electrons. The number of hydrogen-bond donors (Lipinski definition) is 2. The van der Waals surface area contributed by atoms with E-state index in [-0.39, 0.29) is 19.1 Å². The van der Waals surface area contributed by atoms with Crippen molar-refractivity contribution in [3.63, 3.8) is 0 Å². The minimum Gasteiger partial charge on any atom is -0.481 e. The van der Waals surface area contributed by atoms with Gasteiger partial charge in [-0.2, -0.15) is 0 Å². The smallest absolute Gasteiger partial charge is 0.315 e. The zero-order chi connectivity index (χ0) is 15.3. The molecule has 2 N–H and O–H groups in total. The number of carbonyl (C=O) groups is 2. The minimum atomic E-state index is -1.19. The molecule has 0 spiro atoms. The number of carbonyl (C=O) groups excluding carboxylic acids is 1. The molecule has 1 aromatic carbocycles. The maximum atomic E-state index is 12.0. The SMILES string of the molecule is CC(CNC(=O)C1COCCO1)(C(=O)O)c1ccccc1. The monoisotopic (exact) mass is 293 g/mol. The summed E-state index contributed by atoms with van der Waals surface area (Å²) in [5, 5.41) is 12.1. The molecule has 1 aliphatic heterocycles. The number of benzene rings is 1. The van der Waals surface area contributed by atoms with Crippen molar-refractivity contribution in [2.24, 2.45) is 0 Å². The zero-order valence-corrected chi connectivity index (χ0v) is 11.9. The van der Waals surface area contributed by atoms with Gasteiger partial charge in [-0.1, -0.05) is 30.3 Å². The number of carboxylic acids is 1. The van der Waals surface area contributed by atoms with E-state index in [2.05, 4.69) is 5.32 Å². The maximum Gasteiger partial charge on any atom is 0.315 e. The largest absolute Gasteiger partial charge is 0.481 e. The van der Waals surface area contributed by atoms with Crippen molar-refractivity contribution in [2.45, 2.75) is 18.4 Å². The van der Waals surface area contributed by atoms with Gasteiger partial charge >= 0.3 is 5.97 Å². The molecule has 1 aliphatic rings. The molecule has 21 heavy (non-hydrogen) atoms. The van der Waals surface area contributed by atoms with Gasteiger partial charge < -0.3 is 19.9 Å². The van der Waals surface area contributed by atoms with Gasteiger partial charge in [0.15, 0.2) is 6.10 Å². The second kappa shape index (κ2) is 6.69. The normalized spacial score (nSPS) is 21.3. The quantitative estimate of drug-likeness (QED) is 0.828. The first kappa shape index (κ1) is 15.5. The van der Waals surface area contributed by atoms with Crippen molar-refractivity contribution < 1.29 is 24.2 Å². The van der Waals surface area contributed by atoms with Crippen LogP contribution in [0.1, 0.15) is 12.5 Å². The van der Waals surface area contributed by atoms with E-state index >= 15 is 0 Å². The topological polar surface area (TPSA) is 84.9 Å². The van der Waals surface area contributed by atoms with E-state index in [1.807, 2.05) is 6.07 Å². The van der Waals surface area contributed by atoms with Crippen LogP contribution in [-0.2, 0) is 24.5 Å². The lowest BCUT2D eigenvalue weighted by Crippen LogP contribution is -2.49. The molecule has 114 valence electrons. The van der Waals surface area contributed by atoms with Crippen molar-refractivity contribution >= 4 is 11.9 Å². The van der Waals surface area contributed by atoms with Crippen LogP contribution in [0.5, 0.6) is 0 Å². The Bertz CT molecular complexity index is 498. The van der Waals surface area contributed by atoms with E-state index in [4.69, 9.17) is 9.47 Å². The Balaban J connectivity index is 2.03. The number of ether oxygens (including phenoxy) is 2. The molecule has 2 atom stereocenters. The van der Waals surface area contributed by atoms with E-state index in [0.29, 0.717) is 18.8 Å². The number of aliphatic carboxylic acids is 1. The van der Waals surface area contributed by atoms with E-state index < -0.39 is 17.5 Å². The van der Waals surface area contributed by atoms with Crippen molar-refractivity contribution in [2.75, 3.05) is 26.4 Å². The number of nitrogens with one attached hydrogen (secondary N) is 1. The highest BCUT2D eigenvalue weighted by Gasteiger charge is 2.36. The van der Waals surface area contributed by atoms with Crippen molar-refractivity contribution in [1.29, 1.82) is 0 Å². The average molecular weight is 293 g/mol. The molecule has 0 aromatic heterocycles. The van der Waals surface area contributed by atoms with Gasteiger partial charge in [-0.15, -0.1) is 0 Å². The first-order chi connectivity index (χ1) is 10.0. The molecular weight excluding hydrogens is 274 g/mol. The fraction of sp³-hybridized carbons (Fsp3) is 0.467. The Labute approximate surface area is 123 Å². The van der Waals surface area contributed by atoms with Crippen molar-refractivity contribution in [3.8, 4) is 0 Å². The summed E-state index contributed by atoms with van der Waals surface area (Å²) in [4.78, 5) is 23.6. The molecule has 2 rings (SSSR count). The lowest BCUT2D eigenvalue weighted by molar-refractivity contribution is -0.148. The summed E-state index contributed by atoms with van der Waals surface area (Å²) in [5.41, 5.74) is -0.550. The highest BCUT2D eigenvalue weighted by molar-refractivity contribution is 5.84. The van der Waals surface area contributed by atoms with Gasteiger partial charge in [-0.3, -0.25) is 9.59 Å². The van der Waals surface area contributed by atoms with E-state index in [0.717, 1.165) is 0 Å². The Kier molecular flexibility index (Phi) is 4.93. The third-order valence-electron chi connectivity index (χ3n) is 3.61. The lowest BCUT2D eigenvalue weighted by Gasteiger charge is -2.28. The molecule has 0 aliphatic carbocycles. The van der Waals surface area contributed by atoms with Gasteiger partial charge in [0.1, 0.15) is 5.41 Å². The number of rotatable bonds is 5. The summed E-state index contributed by atoms with van der Waals surface area (Å²) in [7, 11) is 0. The Hall–Kier alpha value is -1.92. The van der Waals surface area contributed by atoms with Gasteiger partial charge in [-0.25, -0.2) is 0 Å². The predicted octanol–water partition coefficient (Wildman–Crippen LogP) is 0.561. The van der Waals surface area contributed by atoms with E-state index in [1.54, 1.807) is 31.2 Å². The fourth-order valence-corrected chi connectivity index (χ4v) is 2.12. The van der Waals surface area contributed by atoms with E-state index in [9.17, 15) is 14.7 Å². The zero-order valence-electron chi connectivity index (χ0n) is 11.9. The lowest BCUT2D eigenvalue weighted by atomic mass is 9.82. The van der Waals surface area contributed by atoms with Crippen LogP contribution < -0.4 is 5.32 Å². The summed E-state index contributed by atoms with van der Waals surface area (Å²) in [6.07, 6.45) is -0.674. The fourth-order valence-electron chi connectivity index (χ4n) is 2.12. The maximum absolute atomic E-state index is 12.0. The van der Waals surface area contributed by atoms with Crippen LogP contribution in [-0.4, -0.2) is 49.5 Å². The van der Waals surface area contributed by atoms with Crippen LogP contribution in [0.4, 0.5) is 0 Å². The second-order valence-electron chi connectivity index (χ2n) is 5.16. The van der Waals surface area contributed by atoms with Crippen LogP contribution in [0.3, 0.4) is 0 Å². The number of hydrogen-bond acceptors (Lipinski definition) is 4. The molecule has 1 heterocycles. The molecule has 2 unspecified atom stereocenters. The van der Waals surface area contributed by atoms with Crippen molar-refractivity contribution in [1.82, 2.24) is 5.32 Å². The number of carboxylic acid groups (broad SMARTS) is 1. The third kappa shape index (κ3) is 3.59. The number of amides is 1. The molecule has 1 amide bonds. The van der Waals surface area contributed by atoms with Crippen LogP contribution in [0.15, 0.2) is 30.3 Å². The highest BCUT2D eigenvalue weighted by atomic mass is 16.6. The Morgan fingerprint density at radius 3 is 2.62 bits per heavy atom. The summed E-state index contributed by atoms with van der Waals surface area (Å²) in [6, 6.07) is 8.84. The van der Waals surface area contributed by atoms with Crippen LogP contribution >= 0.6 is 0 Å². The molecule has 1 fully saturated rings. The van der Waals surface area contributed by atoms with Gasteiger partial charge in [-0.05, 0) is 12.5 Å². The second-order valence-corrected chi connectivity index (χ2v) is 5.16. The molecular formula is C15H19NO5. The van der Waals surface area contributed by atoms with Gasteiger partial charge in [0.05, 0.1) is 19.8 Å². The molecule has 6 nitrogen and oxygen atoms in total. The van der Waals surface area contributed by atoms with Gasteiger partial charge in [0.2, 0.25) is 0 Å². The Morgan fingerprint density at radius 2 is 2.05 bits per heavy atom. The highest BCUT2D eigenvalue weighted by Crippen LogP contribution is 2.23.